The molecule has 1 fully saturated rings. The fraction of sp³-hybridized carbons (Fsp3) is 0.500. The maximum Gasteiger partial charge on any atom is 0.245 e. The van der Waals surface area contributed by atoms with Crippen molar-refractivity contribution < 1.29 is 13.2 Å². The molecule has 2 rings (SSSR count). The maximum atomic E-state index is 12.5. The van der Waals surface area contributed by atoms with Gasteiger partial charge in [0.25, 0.3) is 0 Å². The Labute approximate surface area is 118 Å². The molecule has 0 amide bonds. The fourth-order valence-corrected chi connectivity index (χ4v) is 3.85. The number of benzene rings is 1. The van der Waals surface area contributed by atoms with Crippen molar-refractivity contribution >= 4 is 27.3 Å². The Balaban J connectivity index is 2.30. The summed E-state index contributed by atoms with van der Waals surface area (Å²) in [5, 5.41) is 0.421. The van der Waals surface area contributed by atoms with Crippen molar-refractivity contribution in [2.45, 2.75) is 23.8 Å². The predicted molar refractivity (Wildman–Crippen MR) is 74.7 cm³/mol. The monoisotopic (exact) mass is 304 g/mol. The molecule has 0 aromatic heterocycles. The van der Waals surface area contributed by atoms with Crippen LogP contribution in [0.2, 0.25) is 5.02 Å². The Kier molecular flexibility index (Phi) is 4.35. The zero-order valence-corrected chi connectivity index (χ0v) is 12.2. The molecule has 2 N–H and O–H groups in total. The van der Waals surface area contributed by atoms with Crippen LogP contribution in [-0.2, 0) is 14.8 Å². The molecule has 0 bridgehead atoms. The van der Waals surface area contributed by atoms with Crippen molar-refractivity contribution in [3.63, 3.8) is 0 Å². The molecule has 0 saturated carbocycles. The first-order chi connectivity index (χ1) is 8.93. The molecule has 19 heavy (non-hydrogen) atoms. The summed E-state index contributed by atoms with van der Waals surface area (Å²) in [5.41, 5.74) is 5.93. The molecule has 0 aliphatic carbocycles. The van der Waals surface area contributed by atoms with Crippen LogP contribution in [0, 0.1) is 0 Å². The molecular formula is C12H17ClN2O3S. The summed E-state index contributed by atoms with van der Waals surface area (Å²) in [7, 11) is -2.01. The van der Waals surface area contributed by atoms with E-state index in [1.807, 2.05) is 0 Å². The van der Waals surface area contributed by atoms with E-state index in [4.69, 9.17) is 22.1 Å². The molecule has 1 aromatic carbocycles. The van der Waals surface area contributed by atoms with Crippen LogP contribution in [0.25, 0.3) is 0 Å². The van der Waals surface area contributed by atoms with Crippen LogP contribution in [0.5, 0.6) is 0 Å². The van der Waals surface area contributed by atoms with E-state index in [-0.39, 0.29) is 16.6 Å². The van der Waals surface area contributed by atoms with Crippen molar-refractivity contribution in [3.8, 4) is 0 Å². The number of ether oxygens (including phenoxy) is 1. The van der Waals surface area contributed by atoms with E-state index in [2.05, 4.69) is 0 Å². The number of anilines is 1. The molecule has 1 aromatic rings. The molecule has 0 radical (unpaired) electrons. The summed E-state index contributed by atoms with van der Waals surface area (Å²) in [6.07, 6.45) is 1.40. The van der Waals surface area contributed by atoms with Gasteiger partial charge in [-0.3, -0.25) is 0 Å². The lowest BCUT2D eigenvalue weighted by molar-refractivity contribution is 0.0632. The number of nitrogens with two attached hydrogens (primary N) is 1. The molecule has 0 unspecified atom stereocenters. The molecule has 0 atom stereocenters. The zero-order chi connectivity index (χ0) is 14.0. The lowest BCUT2D eigenvalue weighted by Crippen LogP contribution is -2.40. The van der Waals surface area contributed by atoms with Crippen molar-refractivity contribution in [2.24, 2.45) is 0 Å². The van der Waals surface area contributed by atoms with Gasteiger partial charge in [0.15, 0.2) is 0 Å². The molecule has 1 heterocycles. The minimum atomic E-state index is -3.59. The van der Waals surface area contributed by atoms with Gasteiger partial charge in [-0.2, -0.15) is 4.31 Å². The second-order valence-electron chi connectivity index (χ2n) is 4.55. The maximum absolute atomic E-state index is 12.5. The summed E-state index contributed by atoms with van der Waals surface area (Å²) < 4.78 is 31.7. The number of rotatable bonds is 3. The average molecular weight is 305 g/mol. The van der Waals surface area contributed by atoms with Gasteiger partial charge in [0.05, 0.1) is 5.69 Å². The normalized spacial score (nSPS) is 17.8. The van der Waals surface area contributed by atoms with Crippen LogP contribution in [0.3, 0.4) is 0 Å². The van der Waals surface area contributed by atoms with E-state index in [9.17, 15) is 8.42 Å². The number of hydrogen-bond donors (Lipinski definition) is 1. The van der Waals surface area contributed by atoms with Gasteiger partial charge in [-0.05, 0) is 31.0 Å². The third-order valence-electron chi connectivity index (χ3n) is 3.33. The minimum absolute atomic E-state index is 0.0474. The minimum Gasteiger partial charge on any atom is -0.398 e. The van der Waals surface area contributed by atoms with Crippen LogP contribution < -0.4 is 5.73 Å². The number of nitrogens with zero attached hydrogens (tertiary/aromatic N) is 1. The van der Waals surface area contributed by atoms with Gasteiger partial charge in [0.2, 0.25) is 10.0 Å². The predicted octanol–water partition coefficient (Wildman–Crippen LogP) is 1.72. The van der Waals surface area contributed by atoms with Crippen LogP contribution in [0.4, 0.5) is 5.69 Å². The summed E-state index contributed by atoms with van der Waals surface area (Å²) in [4.78, 5) is 0.103. The number of halogens is 1. The molecular weight excluding hydrogens is 288 g/mol. The van der Waals surface area contributed by atoms with Gasteiger partial charge in [0, 0.05) is 31.3 Å². The summed E-state index contributed by atoms with van der Waals surface area (Å²) in [6, 6.07) is 4.38. The van der Waals surface area contributed by atoms with Gasteiger partial charge < -0.3 is 10.5 Å². The van der Waals surface area contributed by atoms with Gasteiger partial charge in [0.1, 0.15) is 4.90 Å². The Bertz CT molecular complexity index is 556. The third kappa shape index (κ3) is 3.02. The summed E-state index contributed by atoms with van der Waals surface area (Å²) in [5.74, 6) is 0. The highest BCUT2D eigenvalue weighted by molar-refractivity contribution is 7.89. The Morgan fingerprint density at radius 1 is 1.37 bits per heavy atom. The fourth-order valence-electron chi connectivity index (χ4n) is 2.15. The second-order valence-corrected chi connectivity index (χ2v) is 6.95. The Hall–Kier alpha value is -0.820. The molecule has 1 aliphatic heterocycles. The van der Waals surface area contributed by atoms with Gasteiger partial charge in [-0.25, -0.2) is 8.42 Å². The van der Waals surface area contributed by atoms with Crippen molar-refractivity contribution in [3.05, 3.63) is 23.2 Å². The standard InChI is InChI=1S/C12H17ClN2O3S/c1-15(10-4-6-18-7-5-10)19(16,17)12-3-2-9(13)8-11(12)14/h2-3,8,10H,4-7,14H2,1H3. The first kappa shape index (κ1) is 14.6. The van der Waals surface area contributed by atoms with E-state index in [1.165, 1.54) is 22.5 Å². The quantitative estimate of drug-likeness (QED) is 0.863. The summed E-state index contributed by atoms with van der Waals surface area (Å²) >= 11 is 5.79. The van der Waals surface area contributed by atoms with Crippen LogP contribution in [-0.4, -0.2) is 39.0 Å². The highest BCUT2D eigenvalue weighted by Crippen LogP contribution is 2.27. The van der Waals surface area contributed by atoms with Gasteiger partial charge in [-0.15, -0.1) is 0 Å². The second kappa shape index (κ2) is 5.66. The van der Waals surface area contributed by atoms with E-state index < -0.39 is 10.0 Å². The van der Waals surface area contributed by atoms with Crippen LogP contribution in [0.1, 0.15) is 12.8 Å². The number of nitrogen functional groups attached to an aromatic ring is 1. The van der Waals surface area contributed by atoms with E-state index in [0.717, 1.165) is 0 Å². The topological polar surface area (TPSA) is 72.6 Å². The van der Waals surface area contributed by atoms with Crippen molar-refractivity contribution in [1.29, 1.82) is 0 Å². The largest absolute Gasteiger partial charge is 0.398 e. The lowest BCUT2D eigenvalue weighted by atomic mass is 10.1. The zero-order valence-electron chi connectivity index (χ0n) is 10.7. The number of hydrogen-bond acceptors (Lipinski definition) is 4. The number of sulfonamides is 1. The third-order valence-corrected chi connectivity index (χ3v) is 5.55. The molecule has 5 nitrogen and oxygen atoms in total. The summed E-state index contributed by atoms with van der Waals surface area (Å²) in [6.45, 7) is 1.17. The molecule has 106 valence electrons. The lowest BCUT2D eigenvalue weighted by Gasteiger charge is -2.30. The first-order valence-corrected chi connectivity index (χ1v) is 7.85. The molecule has 1 aliphatic rings. The van der Waals surface area contributed by atoms with E-state index in [1.54, 1.807) is 7.05 Å². The van der Waals surface area contributed by atoms with E-state index >= 15 is 0 Å². The smallest absolute Gasteiger partial charge is 0.245 e. The van der Waals surface area contributed by atoms with Crippen molar-refractivity contribution in [2.75, 3.05) is 26.0 Å². The van der Waals surface area contributed by atoms with Gasteiger partial charge in [-0.1, -0.05) is 11.6 Å². The highest BCUT2D eigenvalue weighted by atomic mass is 35.5. The molecule has 7 heteroatoms. The van der Waals surface area contributed by atoms with Crippen LogP contribution >= 0.6 is 11.6 Å². The molecule has 1 saturated heterocycles. The van der Waals surface area contributed by atoms with Gasteiger partial charge >= 0.3 is 0 Å². The average Bonchev–Trinajstić information content (AvgIpc) is 2.38. The molecule has 0 spiro atoms. The van der Waals surface area contributed by atoms with Crippen LogP contribution in [0.15, 0.2) is 23.1 Å². The first-order valence-electron chi connectivity index (χ1n) is 6.03. The van der Waals surface area contributed by atoms with Crippen molar-refractivity contribution in [1.82, 2.24) is 4.31 Å². The Morgan fingerprint density at radius 3 is 2.58 bits per heavy atom. The highest BCUT2D eigenvalue weighted by Gasteiger charge is 2.30. The van der Waals surface area contributed by atoms with E-state index in [0.29, 0.717) is 31.1 Å². The Morgan fingerprint density at radius 2 is 2.00 bits per heavy atom. The SMILES string of the molecule is CN(C1CCOCC1)S(=O)(=O)c1ccc(Cl)cc1N.